The average Bonchev–Trinajstić information content (AvgIpc) is 2.45. The summed E-state index contributed by atoms with van der Waals surface area (Å²) >= 11 is 0. The van der Waals surface area contributed by atoms with E-state index in [1.807, 2.05) is 37.3 Å². The Balaban J connectivity index is 0.00000200. The summed E-state index contributed by atoms with van der Waals surface area (Å²) < 4.78 is 10.9. The van der Waals surface area contributed by atoms with Crippen LogP contribution in [0.1, 0.15) is 6.92 Å². The molecule has 0 aromatic heterocycles. The summed E-state index contributed by atoms with van der Waals surface area (Å²) in [6, 6.07) is 9.27. The zero-order valence-electron chi connectivity index (χ0n) is 11.5. The third-order valence-corrected chi connectivity index (χ3v) is 3.01. The fourth-order valence-electron chi connectivity index (χ4n) is 2.00. The Morgan fingerprint density at radius 1 is 1.45 bits per heavy atom. The van der Waals surface area contributed by atoms with Crippen LogP contribution >= 0.6 is 12.4 Å². The van der Waals surface area contributed by atoms with Gasteiger partial charge in [-0.1, -0.05) is 18.2 Å². The molecule has 6 heteroatoms. The van der Waals surface area contributed by atoms with E-state index in [4.69, 9.17) is 9.47 Å². The molecule has 112 valence electrons. The van der Waals surface area contributed by atoms with Crippen LogP contribution in [0, 0.1) is 0 Å². The first-order valence-electron chi connectivity index (χ1n) is 6.58. The molecule has 20 heavy (non-hydrogen) atoms. The monoisotopic (exact) mass is 300 g/mol. The summed E-state index contributed by atoms with van der Waals surface area (Å²) in [5, 5.41) is 6.00. The van der Waals surface area contributed by atoms with Crippen molar-refractivity contribution in [1.82, 2.24) is 10.6 Å². The highest BCUT2D eigenvalue weighted by atomic mass is 35.5. The van der Waals surface area contributed by atoms with Gasteiger partial charge in [0, 0.05) is 6.54 Å². The Kier molecular flexibility index (Phi) is 7.36. The molecule has 0 unspecified atom stereocenters. The van der Waals surface area contributed by atoms with Crippen LogP contribution in [0.4, 0.5) is 0 Å². The maximum atomic E-state index is 11.9. The smallest absolute Gasteiger partial charge is 0.239 e. The first-order valence-corrected chi connectivity index (χ1v) is 6.58. The Morgan fingerprint density at radius 3 is 2.90 bits per heavy atom. The molecule has 1 saturated heterocycles. The van der Waals surface area contributed by atoms with Gasteiger partial charge in [-0.3, -0.25) is 4.79 Å². The Hall–Kier alpha value is -1.30. The molecule has 0 saturated carbocycles. The molecule has 0 spiro atoms. The van der Waals surface area contributed by atoms with Crippen molar-refractivity contribution >= 4 is 18.3 Å². The van der Waals surface area contributed by atoms with Crippen molar-refractivity contribution in [2.24, 2.45) is 0 Å². The number of ether oxygens (including phenoxy) is 2. The van der Waals surface area contributed by atoms with E-state index in [0.717, 1.165) is 5.75 Å². The standard InChI is InChI=1S/C14H20N2O3.ClH/c1-11-13(15-7-9-18-11)14(17)16-8-10-19-12-5-3-2-4-6-12;/h2-6,11,13,15H,7-10H2,1H3,(H,16,17);1H/t11-,13+;/m1./s1. The molecule has 2 atom stereocenters. The highest BCUT2D eigenvalue weighted by molar-refractivity contribution is 5.85. The van der Waals surface area contributed by atoms with Gasteiger partial charge in [-0.15, -0.1) is 12.4 Å². The highest BCUT2D eigenvalue weighted by Gasteiger charge is 2.27. The fraction of sp³-hybridized carbons (Fsp3) is 0.500. The number of morpholine rings is 1. The Labute approximate surface area is 125 Å². The molecule has 0 radical (unpaired) electrons. The number of carbonyl (C=O) groups is 1. The molecule has 0 bridgehead atoms. The number of rotatable bonds is 5. The van der Waals surface area contributed by atoms with Gasteiger partial charge in [-0.25, -0.2) is 0 Å². The first-order chi connectivity index (χ1) is 9.27. The van der Waals surface area contributed by atoms with Gasteiger partial charge in [0.2, 0.25) is 5.91 Å². The lowest BCUT2D eigenvalue weighted by Gasteiger charge is -2.29. The summed E-state index contributed by atoms with van der Waals surface area (Å²) in [6.07, 6.45) is -0.0937. The minimum absolute atomic E-state index is 0. The SMILES string of the molecule is C[C@H]1OCCN[C@@H]1C(=O)NCCOc1ccccc1.Cl. The predicted molar refractivity (Wildman–Crippen MR) is 79.4 cm³/mol. The van der Waals surface area contributed by atoms with Crippen LogP contribution < -0.4 is 15.4 Å². The van der Waals surface area contributed by atoms with E-state index in [-0.39, 0.29) is 30.5 Å². The number of amides is 1. The minimum Gasteiger partial charge on any atom is -0.492 e. The van der Waals surface area contributed by atoms with Gasteiger partial charge in [0.25, 0.3) is 0 Å². The summed E-state index contributed by atoms with van der Waals surface area (Å²) in [5.74, 6) is 0.771. The summed E-state index contributed by atoms with van der Waals surface area (Å²) in [7, 11) is 0. The molecule has 0 aliphatic carbocycles. The lowest BCUT2D eigenvalue weighted by atomic mass is 10.1. The van der Waals surface area contributed by atoms with E-state index >= 15 is 0 Å². The lowest BCUT2D eigenvalue weighted by molar-refractivity contribution is -0.129. The zero-order valence-corrected chi connectivity index (χ0v) is 12.3. The van der Waals surface area contributed by atoms with E-state index in [9.17, 15) is 4.79 Å². The van der Waals surface area contributed by atoms with E-state index in [1.54, 1.807) is 0 Å². The number of benzene rings is 1. The molecule has 5 nitrogen and oxygen atoms in total. The van der Waals surface area contributed by atoms with E-state index < -0.39 is 0 Å². The van der Waals surface area contributed by atoms with Crippen LogP contribution in [0.25, 0.3) is 0 Å². The maximum Gasteiger partial charge on any atom is 0.239 e. The third-order valence-electron chi connectivity index (χ3n) is 3.01. The van der Waals surface area contributed by atoms with E-state index in [2.05, 4.69) is 10.6 Å². The van der Waals surface area contributed by atoms with Crippen molar-refractivity contribution in [2.45, 2.75) is 19.1 Å². The molecule has 1 aromatic rings. The van der Waals surface area contributed by atoms with Gasteiger partial charge in [-0.05, 0) is 19.1 Å². The maximum absolute atomic E-state index is 11.9. The average molecular weight is 301 g/mol. The summed E-state index contributed by atoms with van der Waals surface area (Å²) in [5.41, 5.74) is 0. The molecule has 1 fully saturated rings. The van der Waals surface area contributed by atoms with Crippen LogP contribution in [0.3, 0.4) is 0 Å². The predicted octanol–water partition coefficient (Wildman–Crippen LogP) is 0.980. The van der Waals surface area contributed by atoms with Crippen molar-refractivity contribution in [1.29, 1.82) is 0 Å². The number of hydrogen-bond acceptors (Lipinski definition) is 4. The third kappa shape index (κ3) is 5.00. The first kappa shape index (κ1) is 16.8. The minimum atomic E-state index is -0.273. The van der Waals surface area contributed by atoms with Gasteiger partial charge < -0.3 is 20.1 Å². The highest BCUT2D eigenvalue weighted by Crippen LogP contribution is 2.07. The van der Waals surface area contributed by atoms with Crippen LogP contribution in [0.5, 0.6) is 5.75 Å². The Morgan fingerprint density at radius 2 is 2.20 bits per heavy atom. The van der Waals surface area contributed by atoms with Crippen molar-refractivity contribution in [3.63, 3.8) is 0 Å². The lowest BCUT2D eigenvalue weighted by Crippen LogP contribution is -2.55. The van der Waals surface area contributed by atoms with Crippen molar-refractivity contribution in [3.8, 4) is 5.75 Å². The molecule has 1 aliphatic heterocycles. The molecular formula is C14H21ClN2O3. The van der Waals surface area contributed by atoms with E-state index in [1.165, 1.54) is 0 Å². The largest absolute Gasteiger partial charge is 0.492 e. The van der Waals surface area contributed by atoms with Gasteiger partial charge >= 0.3 is 0 Å². The van der Waals surface area contributed by atoms with Gasteiger partial charge in [0.15, 0.2) is 0 Å². The molecule has 1 heterocycles. The number of para-hydroxylation sites is 1. The van der Waals surface area contributed by atoms with Crippen molar-refractivity contribution in [2.75, 3.05) is 26.3 Å². The molecule has 1 aromatic carbocycles. The molecule has 1 aliphatic rings. The number of hydrogen-bond donors (Lipinski definition) is 2. The van der Waals surface area contributed by atoms with Crippen molar-refractivity contribution in [3.05, 3.63) is 30.3 Å². The molecule has 2 rings (SSSR count). The van der Waals surface area contributed by atoms with Gasteiger partial charge in [-0.2, -0.15) is 0 Å². The van der Waals surface area contributed by atoms with Gasteiger partial charge in [0.1, 0.15) is 18.4 Å². The van der Waals surface area contributed by atoms with Crippen LogP contribution in [0.15, 0.2) is 30.3 Å². The van der Waals surface area contributed by atoms with Gasteiger partial charge in [0.05, 0.1) is 19.3 Å². The Bertz CT molecular complexity index is 403. The zero-order chi connectivity index (χ0) is 13.5. The summed E-state index contributed by atoms with van der Waals surface area (Å²) in [6.45, 7) is 4.21. The molecule has 1 amide bonds. The summed E-state index contributed by atoms with van der Waals surface area (Å²) in [4.78, 5) is 11.9. The second kappa shape index (κ2) is 8.79. The quantitative estimate of drug-likeness (QED) is 0.796. The van der Waals surface area contributed by atoms with Crippen molar-refractivity contribution < 1.29 is 14.3 Å². The molecular weight excluding hydrogens is 280 g/mol. The second-order valence-corrected chi connectivity index (χ2v) is 4.46. The fourth-order valence-corrected chi connectivity index (χ4v) is 2.00. The molecule has 2 N–H and O–H groups in total. The number of carbonyl (C=O) groups excluding carboxylic acids is 1. The number of nitrogens with one attached hydrogen (secondary N) is 2. The second-order valence-electron chi connectivity index (χ2n) is 4.46. The topological polar surface area (TPSA) is 59.6 Å². The van der Waals surface area contributed by atoms with Crippen LogP contribution in [-0.2, 0) is 9.53 Å². The number of halogens is 1. The van der Waals surface area contributed by atoms with Crippen LogP contribution in [0.2, 0.25) is 0 Å². The normalized spacial score (nSPS) is 21.6. The van der Waals surface area contributed by atoms with Crippen LogP contribution in [-0.4, -0.2) is 44.4 Å². The van der Waals surface area contributed by atoms with E-state index in [0.29, 0.717) is 26.3 Å².